The number of rotatable bonds is 3. The van der Waals surface area contributed by atoms with E-state index >= 15 is 0 Å². The van der Waals surface area contributed by atoms with E-state index in [9.17, 15) is 9.59 Å². The zero-order valence-corrected chi connectivity index (χ0v) is 15.5. The minimum atomic E-state index is -3.17. The van der Waals surface area contributed by atoms with E-state index in [2.05, 4.69) is 0 Å². The molecular formula is C16H17ClO4Ti. The molecule has 0 amide bonds. The van der Waals surface area contributed by atoms with Gasteiger partial charge in [-0.15, -0.1) is 0 Å². The molecule has 1 aliphatic carbocycles. The van der Waals surface area contributed by atoms with Gasteiger partial charge in [-0.25, -0.2) is 0 Å². The fourth-order valence-electron chi connectivity index (χ4n) is 2.35. The van der Waals surface area contributed by atoms with Crippen LogP contribution < -0.4 is 12.4 Å². The van der Waals surface area contributed by atoms with Gasteiger partial charge in [0.2, 0.25) is 0 Å². The minimum absolute atomic E-state index is 0. The maximum Gasteiger partial charge on any atom is -1.00 e. The van der Waals surface area contributed by atoms with Crippen molar-refractivity contribution in [1.29, 1.82) is 0 Å². The Morgan fingerprint density at radius 3 is 1.68 bits per heavy atom. The summed E-state index contributed by atoms with van der Waals surface area (Å²) in [5, 5.41) is 0. The number of terminal acetylenes is 2. The third-order valence-corrected chi connectivity index (χ3v) is 7.23. The van der Waals surface area contributed by atoms with Crippen LogP contribution in [0.15, 0.2) is 20.6 Å². The van der Waals surface area contributed by atoms with Crippen LogP contribution in [-0.4, -0.2) is 11.9 Å². The van der Waals surface area contributed by atoms with Crippen molar-refractivity contribution in [3.05, 3.63) is 20.6 Å². The second-order valence-electron chi connectivity index (χ2n) is 5.23. The van der Waals surface area contributed by atoms with E-state index in [1.54, 1.807) is 0 Å². The molecule has 0 aromatic heterocycles. The summed E-state index contributed by atoms with van der Waals surface area (Å²) in [6, 6.07) is 0. The van der Waals surface area contributed by atoms with Crippen LogP contribution >= 0.6 is 0 Å². The average Bonchev–Trinajstić information content (AvgIpc) is 2.58. The van der Waals surface area contributed by atoms with Crippen LogP contribution in [0.5, 0.6) is 0 Å². The summed E-state index contributed by atoms with van der Waals surface area (Å²) in [6.07, 6.45) is 10.1. The number of halogens is 1. The summed E-state index contributed by atoms with van der Waals surface area (Å²) in [5.41, 5.74) is 2.87. The predicted molar refractivity (Wildman–Crippen MR) is 74.7 cm³/mol. The summed E-state index contributed by atoms with van der Waals surface area (Å²) in [4.78, 5) is 22.9. The van der Waals surface area contributed by atoms with Crippen LogP contribution in [0, 0.1) is 30.1 Å². The standard InChI is InChI=1S/C10H15.2C3H2O2.ClH.Ti/c1-7-6-10(4,5)9(3)8(7)2;2*1-2-3(4)5;;/h1-5H3;2*1H,(H,4,5);1H;/q;;;;+3/p-3. The number of carbonyl (C=O) groups is 2. The van der Waals surface area contributed by atoms with Crippen molar-refractivity contribution in [3.63, 3.8) is 0 Å². The van der Waals surface area contributed by atoms with Crippen molar-refractivity contribution in [2.24, 2.45) is 5.41 Å². The smallest absolute Gasteiger partial charge is 1.00 e. The van der Waals surface area contributed by atoms with Crippen molar-refractivity contribution < 1.29 is 47.3 Å². The normalized spacial score (nSPS) is 15.4. The molecule has 6 heteroatoms. The van der Waals surface area contributed by atoms with Gasteiger partial charge in [0.05, 0.1) is 0 Å². The van der Waals surface area contributed by atoms with Gasteiger partial charge in [-0.3, -0.25) is 0 Å². The topological polar surface area (TPSA) is 52.6 Å². The summed E-state index contributed by atoms with van der Waals surface area (Å²) >= 11 is -3.17. The molecule has 0 fully saturated rings. The molecule has 0 bridgehead atoms. The van der Waals surface area contributed by atoms with Crippen LogP contribution in [-0.2, 0) is 34.9 Å². The maximum absolute atomic E-state index is 11.4. The zero-order chi connectivity index (χ0) is 16.4. The van der Waals surface area contributed by atoms with Gasteiger partial charge in [0.15, 0.2) is 0 Å². The van der Waals surface area contributed by atoms with Gasteiger partial charge >= 0.3 is 132 Å². The number of hydrogen-bond acceptors (Lipinski definition) is 4. The largest absolute Gasteiger partial charge is 1.00 e. The van der Waals surface area contributed by atoms with Crippen LogP contribution in [0.4, 0.5) is 0 Å². The number of carbonyl (C=O) groups excluding carboxylic acids is 2. The molecule has 1 aliphatic rings. The molecule has 0 aliphatic heterocycles. The molecule has 0 unspecified atom stereocenters. The molecular weight excluding hydrogens is 339 g/mol. The Hall–Kier alpha value is -1.46. The fourth-order valence-corrected chi connectivity index (χ4v) is 5.31. The van der Waals surface area contributed by atoms with E-state index in [0.717, 1.165) is 20.6 Å². The third kappa shape index (κ3) is 3.84. The second kappa shape index (κ2) is 7.70. The first kappa shape index (κ1) is 20.5. The molecule has 0 heterocycles. The Morgan fingerprint density at radius 1 is 1.00 bits per heavy atom. The molecule has 0 atom stereocenters. The first-order valence-corrected chi connectivity index (χ1v) is 8.36. The van der Waals surface area contributed by atoms with Crippen molar-refractivity contribution in [2.45, 2.75) is 34.6 Å². The minimum Gasteiger partial charge on any atom is -1.00 e. The van der Waals surface area contributed by atoms with Gasteiger partial charge < -0.3 is 12.4 Å². The quantitative estimate of drug-likeness (QED) is 0.503. The van der Waals surface area contributed by atoms with Gasteiger partial charge in [-0.1, -0.05) is 0 Å². The van der Waals surface area contributed by atoms with E-state index in [4.69, 9.17) is 19.5 Å². The molecule has 22 heavy (non-hydrogen) atoms. The Morgan fingerprint density at radius 2 is 1.41 bits per heavy atom. The molecule has 0 N–H and O–H groups in total. The molecule has 0 aromatic rings. The number of hydrogen-bond donors (Lipinski definition) is 0. The molecule has 116 valence electrons. The molecule has 1 rings (SSSR count). The van der Waals surface area contributed by atoms with E-state index in [1.165, 1.54) is 0 Å². The third-order valence-electron chi connectivity index (χ3n) is 3.87. The van der Waals surface area contributed by atoms with Crippen LogP contribution in [0.25, 0.3) is 0 Å². The Balaban J connectivity index is 0.00000441. The van der Waals surface area contributed by atoms with E-state index in [1.807, 2.05) is 46.5 Å². The molecule has 0 saturated heterocycles. The summed E-state index contributed by atoms with van der Waals surface area (Å²) in [6.45, 7) is 9.91. The predicted octanol–water partition coefficient (Wildman–Crippen LogP) is -0.558. The second-order valence-corrected chi connectivity index (χ2v) is 7.55. The molecule has 0 saturated carbocycles. The maximum atomic E-state index is 11.4. The Bertz CT molecular complexity index is 616. The Kier molecular flexibility index (Phi) is 7.19. The molecule has 0 spiro atoms. The number of allylic oxidation sites excluding steroid dienone is 4. The van der Waals surface area contributed by atoms with Crippen LogP contribution in [0.3, 0.4) is 0 Å². The van der Waals surface area contributed by atoms with Gasteiger partial charge in [-0.2, -0.15) is 0 Å². The van der Waals surface area contributed by atoms with Crippen LogP contribution in [0.2, 0.25) is 0 Å². The van der Waals surface area contributed by atoms with Crippen LogP contribution in [0.1, 0.15) is 34.6 Å². The van der Waals surface area contributed by atoms with Crippen molar-refractivity contribution in [3.8, 4) is 24.7 Å². The van der Waals surface area contributed by atoms with Gasteiger partial charge in [-0.05, 0) is 0 Å². The molecule has 4 nitrogen and oxygen atoms in total. The first-order chi connectivity index (χ1) is 9.66. The Labute approximate surface area is 144 Å². The van der Waals surface area contributed by atoms with Gasteiger partial charge in [0, 0.05) is 0 Å². The van der Waals surface area contributed by atoms with Gasteiger partial charge in [0.25, 0.3) is 0 Å². The zero-order valence-electron chi connectivity index (χ0n) is 13.2. The first-order valence-electron chi connectivity index (χ1n) is 6.30. The fraction of sp³-hybridized carbons (Fsp3) is 0.375. The van der Waals surface area contributed by atoms with Gasteiger partial charge in [0.1, 0.15) is 0 Å². The molecule has 0 aromatic carbocycles. The summed E-state index contributed by atoms with van der Waals surface area (Å²) in [7, 11) is 0. The SMILES string of the molecule is C#CC(=O)[O][Ti+]([O]C(=O)C#C)[C]1=C(C)C(C)=C(C)C1(C)C.[Cl-]. The van der Waals surface area contributed by atoms with Crippen molar-refractivity contribution >= 4 is 11.9 Å². The summed E-state index contributed by atoms with van der Waals surface area (Å²) in [5.74, 6) is 2.07. The van der Waals surface area contributed by atoms with Crippen molar-refractivity contribution in [2.75, 3.05) is 0 Å². The van der Waals surface area contributed by atoms with E-state index in [0.29, 0.717) is 0 Å². The monoisotopic (exact) mass is 356 g/mol. The summed E-state index contributed by atoms with van der Waals surface area (Å²) < 4.78 is 11.3. The average molecular weight is 357 g/mol. The van der Waals surface area contributed by atoms with Crippen molar-refractivity contribution in [1.82, 2.24) is 0 Å². The van der Waals surface area contributed by atoms with E-state index < -0.39 is 30.6 Å². The van der Waals surface area contributed by atoms with E-state index in [-0.39, 0.29) is 17.8 Å². The molecule has 0 radical (unpaired) electrons.